The molecule has 1 aromatic rings. The fourth-order valence-corrected chi connectivity index (χ4v) is 0.776. The molecule has 0 saturated carbocycles. The number of phenols is 1. The fraction of sp³-hybridized carbons (Fsp3) is 0.250. The summed E-state index contributed by atoms with van der Waals surface area (Å²) in [5.74, 6) is -0.0136. The average molecular weight is 319 g/mol. The molecule has 2 N–H and O–H groups in total. The Balaban J connectivity index is 0.000000396. The molecule has 8 nitrogen and oxygen atoms in total. The van der Waals surface area contributed by atoms with Gasteiger partial charge in [-0.1, -0.05) is 0 Å². The standard InChI is InChI=1S/C7H7NO4.CHF3O3S/c1-12-5-2-3-7(9)6(4-5)8(10)11;2-1(3,4)8(5,6)7/h2-4,9H,1H3;(H,5,6,7). The number of halogens is 3. The van der Waals surface area contributed by atoms with Crippen LogP contribution in [0, 0.1) is 10.1 Å². The number of rotatable bonds is 2. The van der Waals surface area contributed by atoms with E-state index in [9.17, 15) is 23.3 Å². The third kappa shape index (κ3) is 5.27. The summed E-state index contributed by atoms with van der Waals surface area (Å²) >= 11 is 0. The molecule has 12 heteroatoms. The van der Waals surface area contributed by atoms with Crippen molar-refractivity contribution >= 4 is 15.8 Å². The van der Waals surface area contributed by atoms with Gasteiger partial charge < -0.3 is 9.84 Å². The SMILES string of the molecule is COc1ccc(O)c([N+](=O)[O-])c1.O=S(=O)(O)C(F)(F)F. The zero-order valence-corrected chi connectivity index (χ0v) is 10.5. The van der Waals surface area contributed by atoms with Crippen molar-refractivity contribution in [1.82, 2.24) is 0 Å². The van der Waals surface area contributed by atoms with Crippen LogP contribution in [0.3, 0.4) is 0 Å². The highest BCUT2D eigenvalue weighted by Crippen LogP contribution is 2.29. The first-order valence-corrected chi connectivity index (χ1v) is 5.89. The number of benzene rings is 1. The summed E-state index contributed by atoms with van der Waals surface area (Å²) in [7, 11) is -4.44. The summed E-state index contributed by atoms with van der Waals surface area (Å²) in [4.78, 5) is 9.61. The van der Waals surface area contributed by atoms with Crippen LogP contribution in [-0.4, -0.2) is 35.6 Å². The van der Waals surface area contributed by atoms with Crippen molar-refractivity contribution in [3.05, 3.63) is 28.3 Å². The zero-order chi connectivity index (χ0) is 16.1. The second-order valence-electron chi connectivity index (χ2n) is 3.03. The van der Waals surface area contributed by atoms with Gasteiger partial charge in [-0.2, -0.15) is 21.6 Å². The molecule has 0 amide bonds. The summed E-state index contributed by atoms with van der Waals surface area (Å²) in [5.41, 5.74) is -5.89. The molecular weight excluding hydrogens is 311 g/mol. The van der Waals surface area contributed by atoms with E-state index >= 15 is 0 Å². The van der Waals surface area contributed by atoms with Gasteiger partial charge in [-0.05, 0) is 12.1 Å². The van der Waals surface area contributed by atoms with E-state index in [0.717, 1.165) is 6.07 Å². The van der Waals surface area contributed by atoms with Gasteiger partial charge in [0.2, 0.25) is 0 Å². The minimum Gasteiger partial charge on any atom is -0.502 e. The van der Waals surface area contributed by atoms with Gasteiger partial charge in [-0.15, -0.1) is 0 Å². The minimum absolute atomic E-state index is 0.347. The first kappa shape index (κ1) is 17.9. The quantitative estimate of drug-likeness (QED) is 0.367. The summed E-state index contributed by atoms with van der Waals surface area (Å²) in [6.45, 7) is 0. The molecule has 0 bridgehead atoms. The normalized spacial score (nSPS) is 11.2. The second-order valence-corrected chi connectivity index (χ2v) is 4.45. The molecular formula is C8H8F3NO7S. The number of nitro benzene ring substituents is 1. The Morgan fingerprint density at radius 3 is 2.10 bits per heavy atom. The average Bonchev–Trinajstić information content (AvgIpc) is 2.27. The van der Waals surface area contributed by atoms with Crippen LogP contribution in [0.15, 0.2) is 18.2 Å². The van der Waals surface area contributed by atoms with Crippen LogP contribution in [0.5, 0.6) is 11.5 Å². The monoisotopic (exact) mass is 319 g/mol. The number of hydrogen-bond acceptors (Lipinski definition) is 6. The predicted molar refractivity (Wildman–Crippen MR) is 58.9 cm³/mol. The van der Waals surface area contributed by atoms with Crippen molar-refractivity contribution in [2.75, 3.05) is 7.11 Å². The van der Waals surface area contributed by atoms with Crippen LogP contribution >= 0.6 is 0 Å². The first-order chi connectivity index (χ1) is 8.90. The lowest BCUT2D eigenvalue weighted by molar-refractivity contribution is -0.385. The van der Waals surface area contributed by atoms with E-state index in [1.165, 1.54) is 19.2 Å². The number of hydrogen-bond donors (Lipinski definition) is 2. The van der Waals surface area contributed by atoms with E-state index in [0.29, 0.717) is 5.75 Å². The van der Waals surface area contributed by atoms with Gasteiger partial charge in [0.25, 0.3) is 0 Å². The topological polar surface area (TPSA) is 127 Å². The van der Waals surface area contributed by atoms with Crippen molar-refractivity contribution in [2.24, 2.45) is 0 Å². The summed E-state index contributed by atoms with van der Waals surface area (Å²) in [6, 6.07) is 3.83. The van der Waals surface area contributed by atoms with Gasteiger partial charge in [-0.25, -0.2) is 0 Å². The number of phenolic OH excluding ortho intramolecular Hbond substituents is 1. The van der Waals surface area contributed by atoms with E-state index in [1.807, 2.05) is 0 Å². The highest BCUT2D eigenvalue weighted by Gasteiger charge is 2.44. The molecule has 0 aliphatic carbocycles. The highest BCUT2D eigenvalue weighted by molar-refractivity contribution is 7.86. The molecule has 114 valence electrons. The summed E-state index contributed by atoms with van der Waals surface area (Å²) in [6.07, 6.45) is 0. The molecule has 0 aliphatic rings. The molecule has 0 aromatic heterocycles. The molecule has 0 fully saturated rings. The van der Waals surface area contributed by atoms with Crippen molar-refractivity contribution in [3.8, 4) is 11.5 Å². The Morgan fingerprint density at radius 2 is 1.80 bits per heavy atom. The van der Waals surface area contributed by atoms with Crippen LogP contribution in [0.4, 0.5) is 18.9 Å². The Hall–Kier alpha value is -2.08. The maximum Gasteiger partial charge on any atom is 0.522 e. The number of aromatic hydroxyl groups is 1. The van der Waals surface area contributed by atoms with Gasteiger partial charge >= 0.3 is 21.3 Å². The second kappa shape index (κ2) is 6.38. The van der Waals surface area contributed by atoms with Crippen LogP contribution in [0.2, 0.25) is 0 Å². The lowest BCUT2D eigenvalue weighted by Gasteiger charge is -1.99. The third-order valence-corrected chi connectivity index (χ3v) is 2.26. The molecule has 0 heterocycles. The summed E-state index contributed by atoms with van der Waals surface area (Å²) in [5, 5.41) is 19.3. The van der Waals surface area contributed by atoms with Crippen LogP contribution in [-0.2, 0) is 10.1 Å². The molecule has 0 radical (unpaired) electrons. The van der Waals surface area contributed by atoms with Crippen molar-refractivity contribution < 1.29 is 40.9 Å². The Bertz CT molecular complexity index is 584. The van der Waals surface area contributed by atoms with Crippen LogP contribution in [0.25, 0.3) is 0 Å². The van der Waals surface area contributed by atoms with E-state index in [2.05, 4.69) is 0 Å². The van der Waals surface area contributed by atoms with Gasteiger partial charge in [0.1, 0.15) is 5.75 Å². The van der Waals surface area contributed by atoms with E-state index < -0.39 is 20.5 Å². The highest BCUT2D eigenvalue weighted by atomic mass is 32.2. The molecule has 0 spiro atoms. The molecule has 1 aromatic carbocycles. The molecule has 0 unspecified atom stereocenters. The van der Waals surface area contributed by atoms with E-state index in [1.54, 1.807) is 0 Å². The lowest BCUT2D eigenvalue weighted by Crippen LogP contribution is -2.21. The van der Waals surface area contributed by atoms with Gasteiger partial charge in [0, 0.05) is 0 Å². The number of methoxy groups -OCH3 is 1. The third-order valence-electron chi connectivity index (χ3n) is 1.67. The molecule has 20 heavy (non-hydrogen) atoms. The molecule has 1 rings (SSSR count). The predicted octanol–water partition coefficient (Wildman–Crippen LogP) is 1.70. The maximum absolute atomic E-state index is 10.7. The lowest BCUT2D eigenvalue weighted by atomic mass is 10.3. The minimum atomic E-state index is -5.84. The molecule has 0 atom stereocenters. The molecule has 0 saturated heterocycles. The largest absolute Gasteiger partial charge is 0.522 e. The maximum atomic E-state index is 10.7. The Labute approximate surface area is 110 Å². The zero-order valence-electron chi connectivity index (χ0n) is 9.66. The van der Waals surface area contributed by atoms with Crippen molar-refractivity contribution in [3.63, 3.8) is 0 Å². The number of nitrogens with zero attached hydrogens (tertiary/aromatic N) is 1. The summed E-state index contributed by atoms with van der Waals surface area (Å²) < 4.78 is 62.3. The van der Waals surface area contributed by atoms with Crippen molar-refractivity contribution in [1.29, 1.82) is 0 Å². The van der Waals surface area contributed by atoms with Crippen LogP contribution in [0.1, 0.15) is 0 Å². The van der Waals surface area contributed by atoms with E-state index in [4.69, 9.17) is 22.8 Å². The first-order valence-electron chi connectivity index (χ1n) is 4.45. The van der Waals surface area contributed by atoms with Gasteiger partial charge in [0.05, 0.1) is 18.1 Å². The van der Waals surface area contributed by atoms with Crippen LogP contribution < -0.4 is 4.74 Å². The molecule has 0 aliphatic heterocycles. The van der Waals surface area contributed by atoms with E-state index in [-0.39, 0.29) is 11.4 Å². The van der Waals surface area contributed by atoms with Gasteiger partial charge in [0.15, 0.2) is 5.75 Å². The fourth-order valence-electron chi connectivity index (χ4n) is 0.776. The smallest absolute Gasteiger partial charge is 0.502 e. The number of nitro groups is 1. The number of alkyl halides is 3. The number of ether oxygens (including phenoxy) is 1. The Kier molecular flexibility index (Phi) is 5.72. The Morgan fingerprint density at radius 1 is 1.35 bits per heavy atom. The van der Waals surface area contributed by atoms with Crippen molar-refractivity contribution in [2.45, 2.75) is 5.51 Å². The van der Waals surface area contributed by atoms with Gasteiger partial charge in [-0.3, -0.25) is 14.7 Å².